The van der Waals surface area contributed by atoms with E-state index in [1.165, 1.54) is 39.9 Å². The van der Waals surface area contributed by atoms with E-state index in [1.54, 1.807) is 4.72 Å². The number of anilines is 2. The molecule has 2 unspecified atom stereocenters. The summed E-state index contributed by atoms with van der Waals surface area (Å²) in [5, 5.41) is 25.3. The van der Waals surface area contributed by atoms with Crippen LogP contribution in [0, 0.1) is 6.92 Å². The second-order valence-corrected chi connectivity index (χ2v) is 18.9. The third-order valence-corrected chi connectivity index (χ3v) is 10.9. The number of carbonyl (C=O) groups excluding carboxylic acids is 1. The molecule has 0 bridgehead atoms. The molecule has 2 atom stereocenters. The maximum absolute atomic E-state index is 12.8. The molecule has 0 fully saturated rings. The van der Waals surface area contributed by atoms with Crippen LogP contribution < -0.4 is 35.7 Å². The van der Waals surface area contributed by atoms with E-state index in [0.717, 1.165) is 19.4 Å². The van der Waals surface area contributed by atoms with Crippen LogP contribution in [0.3, 0.4) is 0 Å². The van der Waals surface area contributed by atoms with Crippen molar-refractivity contribution >= 4 is 91.8 Å². The molecule has 1 aromatic carbocycles. The number of nitrogens with two attached hydrogens (primary N) is 1. The van der Waals surface area contributed by atoms with Crippen LogP contribution >= 0.6 is 42.2 Å². The second kappa shape index (κ2) is 21.1. The lowest BCUT2D eigenvalue weighted by Crippen LogP contribution is -2.36. The van der Waals surface area contributed by atoms with Crippen LogP contribution in [-0.2, 0) is 36.5 Å². The average molecular weight is 989 g/mol. The number of alkyl halides is 2. The molecule has 0 saturated heterocycles. The number of hydrogen-bond donors (Lipinski definition) is 7. The van der Waals surface area contributed by atoms with Crippen molar-refractivity contribution in [3.8, 4) is 17.4 Å². The van der Waals surface area contributed by atoms with Crippen LogP contribution in [0.25, 0.3) is 5.69 Å². The van der Waals surface area contributed by atoms with Gasteiger partial charge in [-0.15, -0.1) is 5.10 Å². The number of sulfonamides is 2. The Kier molecular flexibility index (Phi) is 18.0. The van der Waals surface area contributed by atoms with Gasteiger partial charge in [0.05, 0.1) is 48.0 Å². The van der Waals surface area contributed by atoms with E-state index in [-0.39, 0.29) is 62.1 Å². The minimum atomic E-state index is -4.64. The average Bonchev–Trinajstić information content (AvgIpc) is 3.60. The lowest BCUT2D eigenvalue weighted by Gasteiger charge is -2.10. The summed E-state index contributed by atoms with van der Waals surface area (Å²) in [5.41, 5.74) is 3.04. The van der Waals surface area contributed by atoms with Crippen molar-refractivity contribution in [1.82, 2.24) is 38.8 Å². The number of rotatable bonds is 14. The summed E-state index contributed by atoms with van der Waals surface area (Å²) in [4.78, 5) is 61.8. The molecule has 4 aromatic rings. The van der Waals surface area contributed by atoms with E-state index in [1.807, 2.05) is 0 Å². The van der Waals surface area contributed by atoms with Crippen LogP contribution in [0.5, 0.6) is 11.8 Å². The number of halogens is 5. The first kappa shape index (κ1) is 52.0. The number of hydrogen-bond acceptors (Lipinski definition) is 16. The monoisotopic (exact) mass is 987 g/mol. The number of ether oxygens (including phenoxy) is 2. The Balaban J connectivity index is 0.000000342. The first-order valence-electron chi connectivity index (χ1n) is 15.9. The number of carboxylic acids is 2. The van der Waals surface area contributed by atoms with E-state index < -0.39 is 79.4 Å². The summed E-state index contributed by atoms with van der Waals surface area (Å²) in [7, 11) is -7.61. The standard InChI is InChI=1S/C12H13ClN6O7S.C11H10Cl2F2N4O3S.C5H12NO4P/c1-19-9(7(10(20)21)8(13)17-19)27(23,24)18-12(22)16-11-14-5(25-2)4-6(15-11)26-3;1-5-16-19(11(20)18(5)10(14)15)9-4-8(17-23(2,21)22)6(12)3-7(9)13;1-11(9,10)3-2-4(6)5(7)8/h4H,1-3H3,(H,20,21)(H2,14,15,16,18,22);3-4,10,17H,1-2H3;4H,2-3,6H2,1H3,(H,7,8)(H,9,10). The normalized spacial score (nSPS) is 12.8. The number of urea groups is 1. The van der Waals surface area contributed by atoms with Crippen molar-refractivity contribution in [2.45, 2.75) is 31.0 Å². The van der Waals surface area contributed by atoms with E-state index in [0.29, 0.717) is 9.36 Å². The molecule has 3 heterocycles. The first-order chi connectivity index (χ1) is 27.9. The number of aliphatic carboxylic acids is 1. The van der Waals surface area contributed by atoms with Crippen molar-refractivity contribution < 1.29 is 69.1 Å². The van der Waals surface area contributed by atoms with Gasteiger partial charge in [0.15, 0.2) is 17.5 Å². The summed E-state index contributed by atoms with van der Waals surface area (Å²) in [6.07, 6.45) is 0.902. The zero-order valence-corrected chi connectivity index (χ0v) is 36.8. The molecular weight excluding hydrogens is 954 g/mol. The zero-order valence-electron chi connectivity index (χ0n) is 32.0. The molecule has 338 valence electrons. The lowest BCUT2D eigenvalue weighted by atomic mass is 10.2. The summed E-state index contributed by atoms with van der Waals surface area (Å²) in [5.74, 6) is -3.22. The molecule has 33 heteroatoms. The molecule has 3 aromatic heterocycles. The Labute approximate surface area is 358 Å². The fourth-order valence-corrected chi connectivity index (χ4v) is 7.73. The Hall–Kier alpha value is -5.16. The van der Waals surface area contributed by atoms with Crippen molar-refractivity contribution in [2.75, 3.05) is 43.3 Å². The number of carbonyl (C=O) groups is 3. The van der Waals surface area contributed by atoms with E-state index in [4.69, 9.17) is 65.1 Å². The molecule has 0 aliphatic rings. The van der Waals surface area contributed by atoms with Crippen LogP contribution in [0.1, 0.15) is 29.2 Å². The molecule has 4 rings (SSSR count). The highest BCUT2D eigenvalue weighted by Gasteiger charge is 2.32. The number of aryl methyl sites for hydroxylation is 2. The topological polar surface area (TPSA) is 361 Å². The Morgan fingerprint density at radius 1 is 1.00 bits per heavy atom. The van der Waals surface area contributed by atoms with Gasteiger partial charge in [-0.05, 0) is 25.5 Å². The fourth-order valence-electron chi connectivity index (χ4n) is 4.27. The predicted octanol–water partition coefficient (Wildman–Crippen LogP) is 2.19. The summed E-state index contributed by atoms with van der Waals surface area (Å²) in [6.45, 7) is -0.665. The summed E-state index contributed by atoms with van der Waals surface area (Å²) >= 11 is 17.5. The molecule has 0 aliphatic carbocycles. The minimum absolute atomic E-state index is 0.0257. The van der Waals surface area contributed by atoms with Gasteiger partial charge in [0.2, 0.25) is 27.7 Å². The molecule has 25 nitrogen and oxygen atoms in total. The number of nitrogens with zero attached hydrogens (tertiary/aromatic N) is 7. The highest BCUT2D eigenvalue weighted by atomic mass is 35.5. The lowest BCUT2D eigenvalue weighted by molar-refractivity contribution is -0.138. The van der Waals surface area contributed by atoms with E-state index in [9.17, 15) is 49.4 Å². The van der Waals surface area contributed by atoms with Crippen LogP contribution in [0.2, 0.25) is 15.2 Å². The highest BCUT2D eigenvalue weighted by molar-refractivity contribution is 7.92. The Morgan fingerprint density at radius 2 is 1.56 bits per heavy atom. The Bertz CT molecular complexity index is 2600. The highest BCUT2D eigenvalue weighted by Crippen LogP contribution is 2.36. The van der Waals surface area contributed by atoms with Gasteiger partial charge in [-0.2, -0.15) is 36.9 Å². The first-order valence-corrected chi connectivity index (χ1v) is 22.7. The number of amides is 2. The van der Waals surface area contributed by atoms with Crippen LogP contribution in [-0.4, -0.2) is 123 Å². The fraction of sp³-hybridized carbons (Fsp3) is 0.357. The maximum Gasteiger partial charge on any atom is 0.355 e. The maximum atomic E-state index is 12.8. The number of benzene rings is 1. The number of nitrogens with one attached hydrogen (secondary N) is 3. The number of aromatic nitrogens is 7. The number of carboxylic acid groups (broad SMARTS) is 2. The van der Waals surface area contributed by atoms with Gasteiger partial charge in [-0.1, -0.05) is 34.8 Å². The SMILES string of the molecule is COc1cc(OC)nc(NC(=O)NS(=O)(=O)c2c(C(=O)O)c(Cl)nn2C)n1.CP(=O)(O)CCC(N)C(=O)O.Cc1nn(-c2cc(NS(C)(=O)=O)c(Cl)cc2Cl)c(=O)n1C(F)F. The predicted molar refractivity (Wildman–Crippen MR) is 213 cm³/mol. The smallest absolute Gasteiger partial charge is 0.355 e. The second-order valence-electron chi connectivity index (χ2n) is 11.8. The summed E-state index contributed by atoms with van der Waals surface area (Å²) in [6, 6.07) is 1.34. The molecule has 0 aliphatic heterocycles. The van der Waals surface area contributed by atoms with Gasteiger partial charge in [-0.3, -0.25) is 24.1 Å². The number of methoxy groups -OCH3 is 2. The molecule has 2 amide bonds. The zero-order chi connectivity index (χ0) is 46.9. The van der Waals surface area contributed by atoms with Crippen molar-refractivity contribution in [3.05, 3.63) is 55.3 Å². The third-order valence-electron chi connectivity index (χ3n) is 6.88. The van der Waals surface area contributed by atoms with Gasteiger partial charge < -0.3 is 30.3 Å². The summed E-state index contributed by atoms with van der Waals surface area (Å²) < 4.78 is 98.8. The molecule has 0 saturated carbocycles. The van der Waals surface area contributed by atoms with Gasteiger partial charge in [0.1, 0.15) is 17.4 Å². The van der Waals surface area contributed by atoms with Gasteiger partial charge in [0, 0.05) is 19.9 Å². The van der Waals surface area contributed by atoms with Gasteiger partial charge in [0.25, 0.3) is 10.0 Å². The van der Waals surface area contributed by atoms with E-state index in [2.05, 4.69) is 30.2 Å². The molecule has 0 radical (unpaired) electrons. The van der Waals surface area contributed by atoms with E-state index >= 15 is 0 Å². The minimum Gasteiger partial charge on any atom is -0.481 e. The molecule has 0 spiro atoms. The van der Waals surface area contributed by atoms with Gasteiger partial charge in [-0.25, -0.2) is 32.1 Å². The quantitative estimate of drug-likeness (QED) is 0.0890. The largest absolute Gasteiger partial charge is 0.481 e. The molecule has 61 heavy (non-hydrogen) atoms. The third kappa shape index (κ3) is 15.1. The Morgan fingerprint density at radius 3 is 2.00 bits per heavy atom. The van der Waals surface area contributed by atoms with Crippen LogP contribution in [0.15, 0.2) is 28.0 Å². The molecule has 8 N–H and O–H groups in total. The van der Waals surface area contributed by atoms with Crippen molar-refractivity contribution in [3.63, 3.8) is 0 Å². The molecular formula is C28H35Cl3F2N11O14PS2. The van der Waals surface area contributed by atoms with Gasteiger partial charge >= 0.3 is 30.2 Å². The van der Waals surface area contributed by atoms with Crippen molar-refractivity contribution in [2.24, 2.45) is 12.8 Å². The number of aromatic carboxylic acids is 1. The van der Waals surface area contributed by atoms with Crippen LogP contribution in [0.4, 0.5) is 25.2 Å². The van der Waals surface area contributed by atoms with Crippen molar-refractivity contribution in [1.29, 1.82) is 0 Å².